The first-order chi connectivity index (χ1) is 10.6. The Morgan fingerprint density at radius 2 is 2.23 bits per heavy atom. The van der Waals surface area contributed by atoms with Gasteiger partial charge < -0.3 is 11.1 Å². The predicted molar refractivity (Wildman–Crippen MR) is 83.6 cm³/mol. The van der Waals surface area contributed by atoms with Gasteiger partial charge in [0.05, 0.1) is 5.75 Å². The fourth-order valence-corrected chi connectivity index (χ4v) is 2.51. The topological polar surface area (TPSA) is 85.8 Å². The lowest BCUT2D eigenvalue weighted by Gasteiger charge is -2.07. The number of rotatable bonds is 7. The number of nitrogens with two attached hydrogens (primary N) is 1. The molecule has 0 fully saturated rings. The van der Waals surface area contributed by atoms with Crippen molar-refractivity contribution in [1.29, 1.82) is 0 Å². The third kappa shape index (κ3) is 4.08. The summed E-state index contributed by atoms with van der Waals surface area (Å²) in [5.41, 5.74) is 6.12. The molecule has 0 radical (unpaired) electrons. The average Bonchev–Trinajstić information content (AvgIpc) is 2.85. The smallest absolute Gasteiger partial charge is 0.230 e. The van der Waals surface area contributed by atoms with E-state index in [1.807, 2.05) is 0 Å². The first-order valence-electron chi connectivity index (χ1n) is 6.54. The molecule has 0 spiro atoms. The molecule has 1 amide bonds. The normalized spacial score (nSPS) is 10.4. The monoisotopic (exact) mass is 321 g/mol. The van der Waals surface area contributed by atoms with Crippen LogP contribution in [-0.2, 0) is 17.9 Å². The van der Waals surface area contributed by atoms with E-state index in [0.29, 0.717) is 17.3 Å². The molecule has 22 heavy (non-hydrogen) atoms. The Hall–Kier alpha value is -2.35. The lowest BCUT2D eigenvalue weighted by molar-refractivity contribution is -0.118. The van der Waals surface area contributed by atoms with Gasteiger partial charge in [0.1, 0.15) is 5.82 Å². The van der Waals surface area contributed by atoms with E-state index in [1.54, 1.807) is 28.8 Å². The second kappa shape index (κ2) is 7.60. The van der Waals surface area contributed by atoms with E-state index < -0.39 is 0 Å². The van der Waals surface area contributed by atoms with Crippen LogP contribution in [0.5, 0.6) is 0 Å². The Kier molecular flexibility index (Phi) is 5.54. The number of aromatic nitrogens is 3. The zero-order valence-electron chi connectivity index (χ0n) is 11.8. The molecule has 3 N–H and O–H groups in total. The highest BCUT2D eigenvalue weighted by molar-refractivity contribution is 7.99. The molecule has 0 saturated carbocycles. The second-order valence-corrected chi connectivity index (χ2v) is 5.34. The van der Waals surface area contributed by atoms with Crippen LogP contribution >= 0.6 is 11.8 Å². The maximum atomic E-state index is 13.4. The summed E-state index contributed by atoms with van der Waals surface area (Å²) in [6.07, 6.45) is 1.67. The van der Waals surface area contributed by atoms with Gasteiger partial charge in [-0.1, -0.05) is 36.0 Å². The molecule has 0 aliphatic carbocycles. The van der Waals surface area contributed by atoms with E-state index >= 15 is 0 Å². The van der Waals surface area contributed by atoms with Gasteiger partial charge in [0.25, 0.3) is 0 Å². The van der Waals surface area contributed by atoms with Crippen molar-refractivity contribution >= 4 is 23.6 Å². The minimum atomic E-state index is -0.339. The van der Waals surface area contributed by atoms with Crippen LogP contribution in [0, 0.1) is 5.82 Å². The van der Waals surface area contributed by atoms with Crippen molar-refractivity contribution in [1.82, 2.24) is 20.1 Å². The number of amides is 1. The third-order valence-electron chi connectivity index (χ3n) is 2.82. The molecule has 0 aliphatic heterocycles. The van der Waals surface area contributed by atoms with Gasteiger partial charge in [0, 0.05) is 18.7 Å². The summed E-state index contributed by atoms with van der Waals surface area (Å²) in [7, 11) is 0. The molecule has 0 bridgehead atoms. The van der Waals surface area contributed by atoms with Crippen molar-refractivity contribution in [2.24, 2.45) is 0 Å². The lowest BCUT2D eigenvalue weighted by Crippen LogP contribution is -2.25. The average molecular weight is 321 g/mol. The number of nitrogens with zero attached hydrogens (tertiary/aromatic N) is 3. The van der Waals surface area contributed by atoms with E-state index in [9.17, 15) is 9.18 Å². The first-order valence-corrected chi connectivity index (χ1v) is 7.53. The van der Waals surface area contributed by atoms with Gasteiger partial charge in [-0.3, -0.25) is 9.36 Å². The number of benzene rings is 1. The number of halogens is 1. The van der Waals surface area contributed by atoms with E-state index in [4.69, 9.17) is 5.73 Å². The van der Waals surface area contributed by atoms with Crippen LogP contribution in [0.3, 0.4) is 0 Å². The predicted octanol–water partition coefficient (Wildman–Crippen LogP) is 1.59. The number of carbonyl (C=O) groups is 1. The van der Waals surface area contributed by atoms with Crippen molar-refractivity contribution < 1.29 is 9.18 Å². The van der Waals surface area contributed by atoms with Gasteiger partial charge in [-0.05, 0) is 6.07 Å². The molecular weight excluding hydrogens is 305 g/mol. The molecule has 1 aromatic heterocycles. The van der Waals surface area contributed by atoms with E-state index in [1.165, 1.54) is 17.8 Å². The van der Waals surface area contributed by atoms with Crippen LogP contribution in [0.4, 0.5) is 10.3 Å². The Labute approximate surface area is 131 Å². The molecule has 8 heteroatoms. The molecule has 2 aromatic rings. The number of anilines is 1. The minimum Gasteiger partial charge on any atom is -0.368 e. The molecule has 0 aliphatic rings. The molecule has 0 atom stereocenters. The third-order valence-corrected chi connectivity index (χ3v) is 3.79. The molecule has 1 heterocycles. The van der Waals surface area contributed by atoms with Crippen molar-refractivity contribution in [3.63, 3.8) is 0 Å². The highest BCUT2D eigenvalue weighted by Gasteiger charge is 2.11. The number of hydrogen-bond acceptors (Lipinski definition) is 5. The summed E-state index contributed by atoms with van der Waals surface area (Å²) in [5.74, 6) is -0.146. The highest BCUT2D eigenvalue weighted by Crippen LogP contribution is 2.17. The maximum Gasteiger partial charge on any atom is 0.230 e. The fourth-order valence-electron chi connectivity index (χ4n) is 1.72. The number of allylic oxidation sites excluding steroid dienone is 1. The van der Waals surface area contributed by atoms with Crippen molar-refractivity contribution in [3.05, 3.63) is 48.3 Å². The van der Waals surface area contributed by atoms with Crippen molar-refractivity contribution in [2.75, 3.05) is 11.5 Å². The molecule has 6 nitrogen and oxygen atoms in total. The lowest BCUT2D eigenvalue weighted by atomic mass is 10.2. The summed E-state index contributed by atoms with van der Waals surface area (Å²) in [4.78, 5) is 11.8. The summed E-state index contributed by atoms with van der Waals surface area (Å²) in [5, 5.41) is 10.9. The van der Waals surface area contributed by atoms with Gasteiger partial charge >= 0.3 is 0 Å². The molecule has 0 saturated heterocycles. The van der Waals surface area contributed by atoms with Crippen LogP contribution < -0.4 is 11.1 Å². The van der Waals surface area contributed by atoms with Crippen LogP contribution in [0.1, 0.15) is 5.56 Å². The van der Waals surface area contributed by atoms with Crippen LogP contribution in [0.25, 0.3) is 0 Å². The fraction of sp³-hybridized carbons (Fsp3) is 0.214. The van der Waals surface area contributed by atoms with Crippen molar-refractivity contribution in [3.8, 4) is 0 Å². The number of hydrogen-bond donors (Lipinski definition) is 2. The van der Waals surface area contributed by atoms with Gasteiger partial charge in [0.2, 0.25) is 11.9 Å². The summed E-state index contributed by atoms with van der Waals surface area (Å²) in [6, 6.07) is 6.31. The van der Waals surface area contributed by atoms with Crippen LogP contribution in [0.15, 0.2) is 42.1 Å². The van der Waals surface area contributed by atoms with Crippen molar-refractivity contribution in [2.45, 2.75) is 18.2 Å². The quantitative estimate of drug-likeness (QED) is 0.597. The van der Waals surface area contributed by atoms with Gasteiger partial charge in [-0.25, -0.2) is 4.39 Å². The number of nitrogen functional groups attached to an aromatic ring is 1. The first kappa shape index (κ1) is 16.0. The maximum absolute atomic E-state index is 13.4. The van der Waals surface area contributed by atoms with Crippen LogP contribution in [0.2, 0.25) is 0 Å². The largest absolute Gasteiger partial charge is 0.368 e. The second-order valence-electron chi connectivity index (χ2n) is 4.40. The zero-order chi connectivity index (χ0) is 15.9. The Balaban J connectivity index is 1.86. The Bertz CT molecular complexity index is 673. The zero-order valence-corrected chi connectivity index (χ0v) is 12.6. The summed E-state index contributed by atoms with van der Waals surface area (Å²) in [6.45, 7) is 4.24. The number of carbonyl (C=O) groups excluding carboxylic acids is 1. The van der Waals surface area contributed by atoms with E-state index in [-0.39, 0.29) is 30.0 Å². The molecular formula is C14H16FN5OS. The SMILES string of the molecule is C=CCn1c(N)nnc1SCC(=O)NCc1ccccc1F. The number of nitrogens with one attached hydrogen (secondary N) is 1. The minimum absolute atomic E-state index is 0.143. The molecule has 1 aromatic carbocycles. The van der Waals surface area contributed by atoms with Gasteiger partial charge in [-0.2, -0.15) is 0 Å². The Morgan fingerprint density at radius 1 is 1.45 bits per heavy atom. The van der Waals surface area contributed by atoms with E-state index in [0.717, 1.165) is 0 Å². The number of thioether (sulfide) groups is 1. The highest BCUT2D eigenvalue weighted by atomic mass is 32.2. The molecule has 116 valence electrons. The summed E-state index contributed by atoms with van der Waals surface area (Å²) >= 11 is 1.21. The van der Waals surface area contributed by atoms with Gasteiger partial charge in [-0.15, -0.1) is 16.8 Å². The van der Waals surface area contributed by atoms with Crippen LogP contribution in [-0.4, -0.2) is 26.4 Å². The van der Waals surface area contributed by atoms with Gasteiger partial charge in [0.15, 0.2) is 5.16 Å². The summed E-state index contributed by atoms with van der Waals surface area (Å²) < 4.78 is 15.1. The standard InChI is InChI=1S/C14H16FN5OS/c1-2-7-20-13(16)18-19-14(20)22-9-12(21)17-8-10-5-3-4-6-11(10)15/h2-6H,1,7-9H2,(H2,16,18)(H,17,21). The Morgan fingerprint density at radius 3 is 2.95 bits per heavy atom. The molecule has 0 unspecified atom stereocenters. The molecule has 2 rings (SSSR count). The van der Waals surface area contributed by atoms with E-state index in [2.05, 4.69) is 22.1 Å².